The third-order valence-electron chi connectivity index (χ3n) is 3.25. The molecule has 2 rings (SSSR count). The van der Waals surface area contributed by atoms with Crippen LogP contribution in [0.1, 0.15) is 36.0 Å². The lowest BCUT2D eigenvalue weighted by Crippen LogP contribution is -2.15. The Morgan fingerprint density at radius 2 is 1.94 bits per heavy atom. The van der Waals surface area contributed by atoms with Crippen molar-refractivity contribution in [2.24, 2.45) is 0 Å². The smallest absolute Gasteiger partial charge is 0.0205 e. The van der Waals surface area contributed by atoms with Gasteiger partial charge in [0, 0.05) is 6.54 Å². The molecule has 2 heteroatoms. The summed E-state index contributed by atoms with van der Waals surface area (Å²) in [5.74, 6) is 0.969. The minimum Gasteiger partial charge on any atom is -0.313 e. The number of benzene rings is 1. The fourth-order valence-electron chi connectivity index (χ4n) is 2.33. The number of nitrogens with one attached hydrogen (secondary N) is 1. The summed E-state index contributed by atoms with van der Waals surface area (Å²) >= 11 is 4.21. The first-order chi connectivity index (χ1) is 7.90. The summed E-state index contributed by atoms with van der Waals surface area (Å²) < 4.78 is 0. The minimum atomic E-state index is 0.969. The molecule has 16 heavy (non-hydrogen) atoms. The van der Waals surface area contributed by atoms with Crippen molar-refractivity contribution in [3.8, 4) is 0 Å². The lowest BCUT2D eigenvalue weighted by Gasteiger charge is -2.16. The van der Waals surface area contributed by atoms with E-state index in [1.165, 1.54) is 31.2 Å². The molecule has 1 nitrogen and oxygen atoms in total. The van der Waals surface area contributed by atoms with Crippen LogP contribution in [0.5, 0.6) is 0 Å². The maximum absolute atomic E-state index is 4.21. The van der Waals surface area contributed by atoms with Crippen molar-refractivity contribution in [3.05, 3.63) is 34.9 Å². The number of fused-ring (bicyclic) bond motifs is 1. The van der Waals surface area contributed by atoms with Gasteiger partial charge in [-0.05, 0) is 61.1 Å². The number of rotatable bonds is 5. The van der Waals surface area contributed by atoms with E-state index in [4.69, 9.17) is 0 Å². The van der Waals surface area contributed by atoms with E-state index >= 15 is 0 Å². The molecule has 0 aromatic heterocycles. The van der Waals surface area contributed by atoms with E-state index in [0.29, 0.717) is 0 Å². The second-order valence-electron chi connectivity index (χ2n) is 4.56. The molecule has 0 fully saturated rings. The van der Waals surface area contributed by atoms with Gasteiger partial charge in [-0.3, -0.25) is 0 Å². The second-order valence-corrected chi connectivity index (χ2v) is 5.01. The van der Waals surface area contributed by atoms with Crippen LogP contribution in [0.4, 0.5) is 0 Å². The van der Waals surface area contributed by atoms with E-state index < -0.39 is 0 Å². The molecule has 0 spiro atoms. The zero-order valence-electron chi connectivity index (χ0n) is 9.84. The maximum Gasteiger partial charge on any atom is 0.0205 e. The van der Waals surface area contributed by atoms with E-state index in [-0.39, 0.29) is 0 Å². The number of thiol groups is 1. The van der Waals surface area contributed by atoms with Crippen molar-refractivity contribution >= 4 is 12.6 Å². The molecule has 88 valence electrons. The highest BCUT2D eigenvalue weighted by atomic mass is 32.1. The van der Waals surface area contributed by atoms with Gasteiger partial charge in [0.2, 0.25) is 0 Å². The number of hydrogen-bond donors (Lipinski definition) is 2. The van der Waals surface area contributed by atoms with E-state index in [1.54, 1.807) is 11.1 Å². The molecular formula is C14H21NS. The average Bonchev–Trinajstić information content (AvgIpc) is 2.34. The topological polar surface area (TPSA) is 12.0 Å². The van der Waals surface area contributed by atoms with Gasteiger partial charge in [-0.2, -0.15) is 12.6 Å². The van der Waals surface area contributed by atoms with Gasteiger partial charge >= 0.3 is 0 Å². The molecule has 1 aromatic rings. The Hall–Kier alpha value is -0.470. The fraction of sp³-hybridized carbons (Fsp3) is 0.571. The molecule has 0 heterocycles. The van der Waals surface area contributed by atoms with E-state index in [9.17, 15) is 0 Å². The van der Waals surface area contributed by atoms with Crippen LogP contribution < -0.4 is 5.32 Å². The predicted octanol–water partition coefficient (Wildman–Crippen LogP) is 2.97. The molecule has 0 unspecified atom stereocenters. The first-order valence-electron chi connectivity index (χ1n) is 6.32. The highest BCUT2D eigenvalue weighted by Gasteiger charge is 2.08. The maximum atomic E-state index is 4.21. The molecule has 1 aliphatic rings. The highest BCUT2D eigenvalue weighted by Crippen LogP contribution is 2.22. The van der Waals surface area contributed by atoms with Crippen LogP contribution in [-0.2, 0) is 19.4 Å². The van der Waals surface area contributed by atoms with Gasteiger partial charge in [0.15, 0.2) is 0 Å². The van der Waals surface area contributed by atoms with Crippen molar-refractivity contribution in [2.75, 3.05) is 12.3 Å². The van der Waals surface area contributed by atoms with E-state index in [2.05, 4.69) is 36.1 Å². The van der Waals surface area contributed by atoms with Crippen molar-refractivity contribution in [3.63, 3.8) is 0 Å². The average molecular weight is 235 g/mol. The first kappa shape index (κ1) is 12.0. The van der Waals surface area contributed by atoms with Crippen LogP contribution in [-0.4, -0.2) is 12.3 Å². The Kier molecular flexibility index (Phi) is 4.73. The van der Waals surface area contributed by atoms with Gasteiger partial charge in [-0.25, -0.2) is 0 Å². The molecule has 1 aromatic carbocycles. The van der Waals surface area contributed by atoms with Crippen LogP contribution in [0, 0.1) is 0 Å². The van der Waals surface area contributed by atoms with Crippen LogP contribution in [0.3, 0.4) is 0 Å². The molecule has 0 aliphatic heterocycles. The molecular weight excluding hydrogens is 214 g/mol. The molecule has 0 bridgehead atoms. The SMILES string of the molecule is SCCCNCc1ccc2c(c1)CCCC2. The lowest BCUT2D eigenvalue weighted by molar-refractivity contribution is 0.667. The van der Waals surface area contributed by atoms with Gasteiger partial charge < -0.3 is 5.32 Å². The summed E-state index contributed by atoms with van der Waals surface area (Å²) in [6.45, 7) is 2.07. The van der Waals surface area contributed by atoms with Crippen LogP contribution in [0.25, 0.3) is 0 Å². The summed E-state index contributed by atoms with van der Waals surface area (Å²) in [5, 5.41) is 3.46. The highest BCUT2D eigenvalue weighted by molar-refractivity contribution is 7.80. The minimum absolute atomic E-state index is 0.969. The summed E-state index contributed by atoms with van der Waals surface area (Å²) in [6.07, 6.45) is 6.44. The molecule has 0 radical (unpaired) electrons. The number of aryl methyl sites for hydroxylation is 2. The van der Waals surface area contributed by atoms with Crippen molar-refractivity contribution < 1.29 is 0 Å². The van der Waals surface area contributed by atoms with Crippen molar-refractivity contribution in [1.29, 1.82) is 0 Å². The zero-order valence-corrected chi connectivity index (χ0v) is 10.7. The molecule has 0 amide bonds. The Morgan fingerprint density at radius 3 is 2.75 bits per heavy atom. The summed E-state index contributed by atoms with van der Waals surface area (Å²) in [7, 11) is 0. The summed E-state index contributed by atoms with van der Waals surface area (Å²) in [4.78, 5) is 0. The van der Waals surface area contributed by atoms with Gasteiger partial charge in [0.1, 0.15) is 0 Å². The fourth-order valence-corrected chi connectivity index (χ4v) is 2.49. The third-order valence-corrected chi connectivity index (χ3v) is 3.57. The van der Waals surface area contributed by atoms with Crippen LogP contribution in [0.2, 0.25) is 0 Å². The monoisotopic (exact) mass is 235 g/mol. The molecule has 0 saturated heterocycles. The van der Waals surface area contributed by atoms with Crippen LogP contribution in [0.15, 0.2) is 18.2 Å². The molecule has 0 atom stereocenters. The normalized spacial score (nSPS) is 14.8. The predicted molar refractivity (Wildman–Crippen MR) is 73.3 cm³/mol. The zero-order chi connectivity index (χ0) is 11.2. The first-order valence-corrected chi connectivity index (χ1v) is 6.95. The number of hydrogen-bond acceptors (Lipinski definition) is 2. The van der Waals surface area contributed by atoms with Crippen molar-refractivity contribution in [2.45, 2.75) is 38.6 Å². The molecule has 0 saturated carbocycles. The van der Waals surface area contributed by atoms with Gasteiger partial charge in [-0.15, -0.1) is 0 Å². The quantitative estimate of drug-likeness (QED) is 0.590. The Balaban J connectivity index is 1.90. The van der Waals surface area contributed by atoms with Crippen molar-refractivity contribution in [1.82, 2.24) is 5.32 Å². The largest absolute Gasteiger partial charge is 0.313 e. The third kappa shape index (κ3) is 3.26. The summed E-state index contributed by atoms with van der Waals surface area (Å²) in [6, 6.07) is 6.99. The van der Waals surface area contributed by atoms with Gasteiger partial charge in [0.05, 0.1) is 0 Å². The van der Waals surface area contributed by atoms with Gasteiger partial charge in [-0.1, -0.05) is 18.2 Å². The molecule has 1 aliphatic carbocycles. The molecule has 1 N–H and O–H groups in total. The Labute approximate surface area is 104 Å². The van der Waals surface area contributed by atoms with Gasteiger partial charge in [0.25, 0.3) is 0 Å². The lowest BCUT2D eigenvalue weighted by atomic mass is 9.90. The van der Waals surface area contributed by atoms with E-state index in [1.807, 2.05) is 0 Å². The Morgan fingerprint density at radius 1 is 1.12 bits per heavy atom. The standard InChI is InChI=1S/C14H21NS/c16-9-3-8-15-11-12-6-7-13-4-1-2-5-14(13)10-12/h6-7,10,15-16H,1-5,8-9,11H2. The van der Waals surface area contributed by atoms with E-state index in [0.717, 1.165) is 25.3 Å². The summed E-state index contributed by atoms with van der Waals surface area (Å²) in [5.41, 5.74) is 4.59. The Bertz CT molecular complexity index is 336. The second kappa shape index (κ2) is 6.31. The van der Waals surface area contributed by atoms with Crippen LogP contribution >= 0.6 is 12.6 Å².